The molecule has 0 saturated carbocycles. The number of benzene rings is 1. The lowest BCUT2D eigenvalue weighted by atomic mass is 10.1. The maximum Gasteiger partial charge on any atom is 0.228 e. The molecule has 1 heterocycles. The fourth-order valence-electron chi connectivity index (χ4n) is 1.76. The van der Waals surface area contributed by atoms with Crippen LogP contribution in [0.4, 0.5) is 11.4 Å². The van der Waals surface area contributed by atoms with Crippen molar-refractivity contribution in [1.82, 2.24) is 0 Å². The smallest absolute Gasteiger partial charge is 0.228 e. The first kappa shape index (κ1) is 12.6. The fourth-order valence-corrected chi connectivity index (χ4v) is 2.43. The van der Waals surface area contributed by atoms with Gasteiger partial charge in [-0.3, -0.25) is 4.79 Å². The molecule has 0 bridgehead atoms. The van der Waals surface area contributed by atoms with Crippen LogP contribution in [0.5, 0.6) is 0 Å². The van der Waals surface area contributed by atoms with Crippen LogP contribution >= 0.6 is 11.3 Å². The number of rotatable bonds is 3. The number of nitrogens with one attached hydrogen (secondary N) is 1. The number of amides is 1. The summed E-state index contributed by atoms with van der Waals surface area (Å²) < 4.78 is 0. The molecule has 3 nitrogen and oxygen atoms in total. The van der Waals surface area contributed by atoms with Gasteiger partial charge in [-0.25, -0.2) is 0 Å². The predicted octanol–water partition coefficient (Wildman–Crippen LogP) is 3.13. The monoisotopic (exact) mass is 260 g/mol. The molecule has 0 aliphatic heterocycles. The topological polar surface area (TPSA) is 55.1 Å². The summed E-state index contributed by atoms with van der Waals surface area (Å²) in [6.07, 6.45) is 0.385. The SMILES string of the molecule is Cc1ccc(N)c(NC(=O)Cc2ccsc2)c1C. The molecule has 0 aliphatic rings. The van der Waals surface area contributed by atoms with Crippen LogP contribution in [-0.4, -0.2) is 5.91 Å². The van der Waals surface area contributed by atoms with Crippen molar-refractivity contribution in [3.63, 3.8) is 0 Å². The largest absolute Gasteiger partial charge is 0.397 e. The number of nitrogens with two attached hydrogens (primary N) is 1. The maximum atomic E-state index is 11.9. The van der Waals surface area contributed by atoms with Crippen LogP contribution in [0.2, 0.25) is 0 Å². The van der Waals surface area contributed by atoms with Gasteiger partial charge in [-0.05, 0) is 53.4 Å². The van der Waals surface area contributed by atoms with Gasteiger partial charge in [-0.2, -0.15) is 11.3 Å². The van der Waals surface area contributed by atoms with Gasteiger partial charge in [0, 0.05) is 0 Å². The van der Waals surface area contributed by atoms with Gasteiger partial charge in [0.05, 0.1) is 17.8 Å². The minimum absolute atomic E-state index is 0.0335. The molecule has 0 saturated heterocycles. The lowest BCUT2D eigenvalue weighted by molar-refractivity contribution is -0.115. The molecule has 4 heteroatoms. The average Bonchev–Trinajstić information content (AvgIpc) is 2.82. The van der Waals surface area contributed by atoms with Crippen molar-refractivity contribution in [1.29, 1.82) is 0 Å². The summed E-state index contributed by atoms with van der Waals surface area (Å²) in [5, 5.41) is 6.84. The highest BCUT2D eigenvalue weighted by atomic mass is 32.1. The van der Waals surface area contributed by atoms with Gasteiger partial charge >= 0.3 is 0 Å². The van der Waals surface area contributed by atoms with Crippen molar-refractivity contribution in [2.75, 3.05) is 11.1 Å². The molecule has 18 heavy (non-hydrogen) atoms. The molecule has 0 radical (unpaired) electrons. The first-order valence-electron chi connectivity index (χ1n) is 5.74. The standard InChI is InChI=1S/C14H16N2OS/c1-9-3-4-12(15)14(10(9)2)16-13(17)7-11-5-6-18-8-11/h3-6,8H,7,15H2,1-2H3,(H,16,17). The third-order valence-electron chi connectivity index (χ3n) is 2.98. The van der Waals surface area contributed by atoms with E-state index in [0.717, 1.165) is 22.4 Å². The molecule has 0 atom stereocenters. The fraction of sp³-hybridized carbons (Fsp3) is 0.214. The highest BCUT2D eigenvalue weighted by Gasteiger charge is 2.10. The van der Waals surface area contributed by atoms with Crippen molar-refractivity contribution in [3.05, 3.63) is 45.6 Å². The van der Waals surface area contributed by atoms with E-state index in [0.29, 0.717) is 12.1 Å². The number of carbonyl (C=O) groups excluding carboxylic acids is 1. The van der Waals surface area contributed by atoms with E-state index >= 15 is 0 Å². The molecule has 1 aromatic carbocycles. The Hall–Kier alpha value is -1.81. The van der Waals surface area contributed by atoms with Crippen LogP contribution < -0.4 is 11.1 Å². The Balaban J connectivity index is 2.14. The van der Waals surface area contributed by atoms with Crippen LogP contribution in [0, 0.1) is 13.8 Å². The Labute approximate surface area is 111 Å². The normalized spacial score (nSPS) is 10.3. The zero-order valence-corrected chi connectivity index (χ0v) is 11.3. The second-order valence-electron chi connectivity index (χ2n) is 4.33. The molecule has 2 rings (SSSR count). The summed E-state index contributed by atoms with van der Waals surface area (Å²) in [7, 11) is 0. The number of thiophene rings is 1. The Morgan fingerprint density at radius 1 is 1.33 bits per heavy atom. The van der Waals surface area contributed by atoms with E-state index in [1.54, 1.807) is 11.3 Å². The minimum Gasteiger partial charge on any atom is -0.397 e. The Kier molecular flexibility index (Phi) is 3.67. The number of aryl methyl sites for hydroxylation is 1. The van der Waals surface area contributed by atoms with Crippen LogP contribution in [0.1, 0.15) is 16.7 Å². The van der Waals surface area contributed by atoms with E-state index in [2.05, 4.69) is 5.32 Å². The van der Waals surface area contributed by atoms with Crippen molar-refractivity contribution >= 4 is 28.6 Å². The number of hydrogen-bond acceptors (Lipinski definition) is 3. The Bertz CT molecular complexity index is 561. The van der Waals surface area contributed by atoms with E-state index in [4.69, 9.17) is 5.73 Å². The highest BCUT2D eigenvalue weighted by molar-refractivity contribution is 7.08. The van der Waals surface area contributed by atoms with E-state index < -0.39 is 0 Å². The minimum atomic E-state index is -0.0335. The summed E-state index contributed by atoms with van der Waals surface area (Å²) in [6.45, 7) is 3.97. The van der Waals surface area contributed by atoms with Crippen molar-refractivity contribution < 1.29 is 4.79 Å². The molecule has 1 aromatic heterocycles. The third-order valence-corrected chi connectivity index (χ3v) is 3.71. The van der Waals surface area contributed by atoms with Gasteiger partial charge < -0.3 is 11.1 Å². The summed E-state index contributed by atoms with van der Waals surface area (Å²) in [6, 6.07) is 5.73. The Morgan fingerprint density at radius 3 is 2.78 bits per heavy atom. The van der Waals surface area contributed by atoms with E-state index in [9.17, 15) is 4.79 Å². The number of hydrogen-bond donors (Lipinski definition) is 2. The average molecular weight is 260 g/mol. The first-order chi connectivity index (χ1) is 8.58. The molecular weight excluding hydrogens is 244 g/mol. The lowest BCUT2D eigenvalue weighted by Crippen LogP contribution is -2.16. The van der Waals surface area contributed by atoms with E-state index in [1.807, 2.05) is 42.8 Å². The van der Waals surface area contributed by atoms with Crippen LogP contribution in [0.3, 0.4) is 0 Å². The van der Waals surface area contributed by atoms with Gasteiger partial charge in [0.15, 0.2) is 0 Å². The van der Waals surface area contributed by atoms with E-state index in [1.165, 1.54) is 0 Å². The molecular formula is C14H16N2OS. The van der Waals surface area contributed by atoms with Crippen molar-refractivity contribution in [3.8, 4) is 0 Å². The molecule has 1 amide bonds. The summed E-state index contributed by atoms with van der Waals surface area (Å²) >= 11 is 1.59. The van der Waals surface area contributed by atoms with Crippen molar-refractivity contribution in [2.45, 2.75) is 20.3 Å². The van der Waals surface area contributed by atoms with Gasteiger partial charge in [0.1, 0.15) is 0 Å². The zero-order valence-electron chi connectivity index (χ0n) is 10.5. The van der Waals surface area contributed by atoms with Gasteiger partial charge in [0.25, 0.3) is 0 Å². The van der Waals surface area contributed by atoms with Crippen LogP contribution in [0.25, 0.3) is 0 Å². The molecule has 94 valence electrons. The molecule has 2 aromatic rings. The second kappa shape index (κ2) is 5.23. The summed E-state index contributed by atoms with van der Waals surface area (Å²) in [5.41, 5.74) is 10.4. The number of carbonyl (C=O) groups is 1. The first-order valence-corrected chi connectivity index (χ1v) is 6.69. The highest BCUT2D eigenvalue weighted by Crippen LogP contribution is 2.26. The second-order valence-corrected chi connectivity index (χ2v) is 5.11. The number of nitrogen functional groups attached to an aromatic ring is 1. The molecule has 0 fully saturated rings. The summed E-state index contributed by atoms with van der Waals surface area (Å²) in [5.74, 6) is -0.0335. The van der Waals surface area contributed by atoms with Gasteiger partial charge in [0.2, 0.25) is 5.91 Å². The lowest BCUT2D eigenvalue weighted by Gasteiger charge is -2.13. The van der Waals surface area contributed by atoms with Gasteiger partial charge in [-0.15, -0.1) is 0 Å². The quantitative estimate of drug-likeness (QED) is 0.833. The molecule has 0 aliphatic carbocycles. The van der Waals surface area contributed by atoms with E-state index in [-0.39, 0.29) is 5.91 Å². The van der Waals surface area contributed by atoms with Gasteiger partial charge in [-0.1, -0.05) is 6.07 Å². The molecule has 3 N–H and O–H groups in total. The Morgan fingerprint density at radius 2 is 2.11 bits per heavy atom. The number of anilines is 2. The van der Waals surface area contributed by atoms with Crippen LogP contribution in [0.15, 0.2) is 29.0 Å². The predicted molar refractivity (Wildman–Crippen MR) is 77.0 cm³/mol. The summed E-state index contributed by atoms with van der Waals surface area (Å²) in [4.78, 5) is 11.9. The molecule has 0 unspecified atom stereocenters. The molecule has 0 spiro atoms. The van der Waals surface area contributed by atoms with Crippen LogP contribution in [-0.2, 0) is 11.2 Å². The zero-order chi connectivity index (χ0) is 13.1. The maximum absolute atomic E-state index is 11.9. The van der Waals surface area contributed by atoms with Crippen molar-refractivity contribution in [2.24, 2.45) is 0 Å². The third kappa shape index (κ3) is 2.71.